The van der Waals surface area contributed by atoms with Crippen LogP contribution in [0, 0.1) is 17.4 Å². The molecule has 0 saturated heterocycles. The number of rotatable bonds is 2. The largest absolute Gasteiger partial charge is 0.507 e. The first kappa shape index (κ1) is 13.1. The predicted molar refractivity (Wildman–Crippen MR) is 84.0 cm³/mol. The van der Waals surface area contributed by atoms with Gasteiger partial charge in [-0.25, -0.2) is 0 Å². The Hall–Kier alpha value is -1.36. The summed E-state index contributed by atoms with van der Waals surface area (Å²) in [6, 6.07) is 11.7. The van der Waals surface area contributed by atoms with E-state index in [1.165, 1.54) is 5.56 Å². The molecule has 2 aromatic carbocycles. The lowest BCUT2D eigenvalue weighted by Crippen LogP contribution is -1.84. The highest BCUT2D eigenvalue weighted by Crippen LogP contribution is 2.22. The molecule has 3 heteroatoms. The molecule has 0 fully saturated rings. The second-order valence-corrected chi connectivity index (χ2v) is 5.42. The summed E-state index contributed by atoms with van der Waals surface area (Å²) in [5.41, 5.74) is 4.33. The van der Waals surface area contributed by atoms with Crippen LogP contribution >= 0.6 is 22.6 Å². The van der Waals surface area contributed by atoms with Gasteiger partial charge in [-0.05, 0) is 77.4 Å². The monoisotopic (exact) mass is 351 g/mol. The smallest absolute Gasteiger partial charge is 0.128 e. The van der Waals surface area contributed by atoms with Crippen LogP contribution in [0.15, 0.2) is 41.4 Å². The quantitative estimate of drug-likeness (QED) is 0.633. The first-order valence-electron chi connectivity index (χ1n) is 5.66. The van der Waals surface area contributed by atoms with Crippen LogP contribution in [0.1, 0.15) is 16.7 Å². The van der Waals surface area contributed by atoms with Crippen molar-refractivity contribution in [1.82, 2.24) is 0 Å². The van der Waals surface area contributed by atoms with E-state index in [2.05, 4.69) is 52.7 Å². The van der Waals surface area contributed by atoms with Gasteiger partial charge in [-0.3, -0.25) is 4.99 Å². The summed E-state index contributed by atoms with van der Waals surface area (Å²) in [6.45, 7) is 4.11. The Morgan fingerprint density at radius 3 is 2.61 bits per heavy atom. The number of aliphatic imine (C=N–C) groups is 1. The Labute approximate surface area is 121 Å². The van der Waals surface area contributed by atoms with Gasteiger partial charge in [-0.2, -0.15) is 0 Å². The SMILES string of the molecule is Cc1ccc(C)c(N=Cc2ccc(O)c(I)c2)c1. The predicted octanol–water partition coefficient (Wildman–Crippen LogP) is 4.36. The molecule has 0 unspecified atom stereocenters. The molecule has 0 radical (unpaired) electrons. The molecule has 0 saturated carbocycles. The normalized spacial score (nSPS) is 11.1. The number of nitrogens with zero attached hydrogens (tertiary/aromatic N) is 1. The van der Waals surface area contributed by atoms with E-state index in [0.29, 0.717) is 5.75 Å². The molecule has 0 bridgehead atoms. The highest BCUT2D eigenvalue weighted by atomic mass is 127. The van der Waals surface area contributed by atoms with Gasteiger partial charge >= 0.3 is 0 Å². The standard InChI is InChI=1S/C15H14INO/c1-10-3-4-11(2)14(7-10)17-9-12-5-6-15(18)13(16)8-12/h3-9,18H,1-2H3. The fraction of sp³-hybridized carbons (Fsp3) is 0.133. The highest BCUT2D eigenvalue weighted by molar-refractivity contribution is 14.1. The van der Waals surface area contributed by atoms with Crippen molar-refractivity contribution in [2.75, 3.05) is 0 Å². The maximum Gasteiger partial charge on any atom is 0.128 e. The van der Waals surface area contributed by atoms with Crippen molar-refractivity contribution in [2.45, 2.75) is 13.8 Å². The van der Waals surface area contributed by atoms with Gasteiger partial charge in [0.15, 0.2) is 0 Å². The molecule has 0 aliphatic heterocycles. The zero-order chi connectivity index (χ0) is 13.1. The lowest BCUT2D eigenvalue weighted by Gasteiger charge is -2.02. The van der Waals surface area contributed by atoms with Crippen LogP contribution in [0.3, 0.4) is 0 Å². The second-order valence-electron chi connectivity index (χ2n) is 4.26. The molecule has 0 atom stereocenters. The van der Waals surface area contributed by atoms with Crippen molar-refractivity contribution < 1.29 is 5.11 Å². The lowest BCUT2D eigenvalue weighted by atomic mass is 10.1. The first-order chi connectivity index (χ1) is 8.56. The minimum atomic E-state index is 0.305. The van der Waals surface area contributed by atoms with Gasteiger partial charge in [-0.15, -0.1) is 0 Å². The topological polar surface area (TPSA) is 32.6 Å². The number of hydrogen-bond donors (Lipinski definition) is 1. The van der Waals surface area contributed by atoms with Gasteiger partial charge in [0.25, 0.3) is 0 Å². The Kier molecular flexibility index (Phi) is 4.01. The maximum absolute atomic E-state index is 9.46. The average molecular weight is 351 g/mol. The van der Waals surface area contributed by atoms with E-state index in [1.54, 1.807) is 6.07 Å². The third-order valence-electron chi connectivity index (χ3n) is 2.69. The van der Waals surface area contributed by atoms with E-state index in [-0.39, 0.29) is 0 Å². The van der Waals surface area contributed by atoms with E-state index in [1.807, 2.05) is 25.3 Å². The number of aryl methyl sites for hydroxylation is 2. The Bertz CT molecular complexity index is 605. The molecule has 0 aliphatic rings. The van der Waals surface area contributed by atoms with Gasteiger partial charge in [0.05, 0.1) is 9.26 Å². The van der Waals surface area contributed by atoms with Crippen molar-refractivity contribution >= 4 is 34.5 Å². The van der Waals surface area contributed by atoms with Crippen molar-refractivity contribution in [3.63, 3.8) is 0 Å². The molecule has 92 valence electrons. The van der Waals surface area contributed by atoms with E-state index in [9.17, 15) is 5.11 Å². The molecule has 2 nitrogen and oxygen atoms in total. The average Bonchev–Trinajstić information content (AvgIpc) is 2.34. The molecule has 0 amide bonds. The van der Waals surface area contributed by atoms with E-state index in [0.717, 1.165) is 20.4 Å². The number of phenols is 1. The van der Waals surface area contributed by atoms with Crippen LogP contribution < -0.4 is 0 Å². The Morgan fingerprint density at radius 2 is 1.89 bits per heavy atom. The van der Waals surface area contributed by atoms with Crippen molar-refractivity contribution in [3.8, 4) is 5.75 Å². The van der Waals surface area contributed by atoms with Crippen molar-refractivity contribution in [1.29, 1.82) is 0 Å². The van der Waals surface area contributed by atoms with Crippen LogP contribution in [0.4, 0.5) is 5.69 Å². The second kappa shape index (κ2) is 5.52. The number of halogens is 1. The molecule has 0 heterocycles. The molecular weight excluding hydrogens is 337 g/mol. The number of benzene rings is 2. The molecule has 2 aromatic rings. The van der Waals surface area contributed by atoms with Crippen LogP contribution in [0.2, 0.25) is 0 Å². The molecular formula is C15H14INO. The van der Waals surface area contributed by atoms with Gasteiger partial charge in [0, 0.05) is 6.21 Å². The number of hydrogen-bond acceptors (Lipinski definition) is 2. The first-order valence-corrected chi connectivity index (χ1v) is 6.74. The Morgan fingerprint density at radius 1 is 1.11 bits per heavy atom. The van der Waals surface area contributed by atoms with Crippen molar-refractivity contribution in [2.24, 2.45) is 4.99 Å². The number of phenolic OH excluding ortho intramolecular Hbond substituents is 1. The zero-order valence-corrected chi connectivity index (χ0v) is 12.5. The summed E-state index contributed by atoms with van der Waals surface area (Å²) < 4.78 is 0.831. The number of aromatic hydroxyl groups is 1. The van der Waals surface area contributed by atoms with Gasteiger partial charge < -0.3 is 5.11 Å². The minimum Gasteiger partial charge on any atom is -0.507 e. The summed E-state index contributed by atoms with van der Waals surface area (Å²) >= 11 is 2.10. The lowest BCUT2D eigenvalue weighted by molar-refractivity contribution is 0.471. The fourth-order valence-corrected chi connectivity index (χ4v) is 2.15. The van der Waals surface area contributed by atoms with Gasteiger partial charge in [0.1, 0.15) is 5.75 Å². The third kappa shape index (κ3) is 3.10. The van der Waals surface area contributed by atoms with Gasteiger partial charge in [0.2, 0.25) is 0 Å². The summed E-state index contributed by atoms with van der Waals surface area (Å²) in [4.78, 5) is 4.50. The zero-order valence-electron chi connectivity index (χ0n) is 10.3. The summed E-state index contributed by atoms with van der Waals surface area (Å²) in [7, 11) is 0. The van der Waals surface area contributed by atoms with E-state index < -0.39 is 0 Å². The van der Waals surface area contributed by atoms with Crippen LogP contribution in [0.25, 0.3) is 0 Å². The minimum absolute atomic E-state index is 0.305. The third-order valence-corrected chi connectivity index (χ3v) is 3.55. The van der Waals surface area contributed by atoms with Crippen LogP contribution in [-0.4, -0.2) is 11.3 Å². The van der Waals surface area contributed by atoms with Crippen LogP contribution in [0.5, 0.6) is 5.75 Å². The highest BCUT2D eigenvalue weighted by Gasteiger charge is 1.98. The fourth-order valence-electron chi connectivity index (χ4n) is 1.61. The molecule has 18 heavy (non-hydrogen) atoms. The molecule has 0 spiro atoms. The van der Waals surface area contributed by atoms with Crippen molar-refractivity contribution in [3.05, 3.63) is 56.7 Å². The summed E-state index contributed by atoms with van der Waals surface area (Å²) in [5, 5.41) is 9.46. The molecule has 0 aliphatic carbocycles. The van der Waals surface area contributed by atoms with Crippen LogP contribution in [-0.2, 0) is 0 Å². The summed E-state index contributed by atoms with van der Waals surface area (Å²) in [6.07, 6.45) is 1.82. The molecule has 2 rings (SSSR count). The summed E-state index contributed by atoms with van der Waals surface area (Å²) in [5.74, 6) is 0.305. The molecule has 0 aromatic heterocycles. The Balaban J connectivity index is 2.29. The molecule has 1 N–H and O–H groups in total. The van der Waals surface area contributed by atoms with E-state index in [4.69, 9.17) is 0 Å². The maximum atomic E-state index is 9.46. The van der Waals surface area contributed by atoms with E-state index >= 15 is 0 Å². The van der Waals surface area contributed by atoms with Gasteiger partial charge in [-0.1, -0.05) is 12.1 Å².